The highest BCUT2D eigenvalue weighted by molar-refractivity contribution is 4.93. The van der Waals surface area contributed by atoms with Crippen LogP contribution in [0.5, 0.6) is 0 Å². The molecule has 0 aromatic rings. The van der Waals surface area contributed by atoms with Crippen molar-refractivity contribution in [2.75, 3.05) is 27.2 Å². The normalized spacial score (nSPS) is 13.2. The predicted octanol–water partition coefficient (Wildman–Crippen LogP) is 13.4. The molecule has 0 saturated heterocycles. The van der Waals surface area contributed by atoms with Gasteiger partial charge in [-0.3, -0.25) is 0 Å². The standard InChI is InChI=1S/C45H87N3/c1-5-7-9-11-13-15-17-19-21-23-25-27-29-31-33-35-40-45(47-43-44(46)39-37-38-42-48(3)4)41-36-34-32-30-28-26-24-22-20-18-16-14-12-10-8-6-2/h13-16,19-22,44-45,47H,5-12,17-18,23-43,46H2,1-4H3/b15-13-,16-14-,21-19-,22-20-. The Hall–Kier alpha value is -1.16. The van der Waals surface area contributed by atoms with Gasteiger partial charge in [-0.1, -0.05) is 159 Å². The fraction of sp³-hybridized carbons (Fsp3) is 0.822. The summed E-state index contributed by atoms with van der Waals surface area (Å²) in [4.78, 5) is 2.28. The Morgan fingerprint density at radius 2 is 0.833 bits per heavy atom. The molecule has 282 valence electrons. The smallest absolute Gasteiger partial charge is 0.0165 e. The molecule has 3 N–H and O–H groups in total. The maximum atomic E-state index is 6.53. The van der Waals surface area contributed by atoms with E-state index in [0.29, 0.717) is 12.1 Å². The molecule has 0 saturated carbocycles. The Morgan fingerprint density at radius 1 is 0.458 bits per heavy atom. The van der Waals surface area contributed by atoms with Gasteiger partial charge in [-0.15, -0.1) is 0 Å². The van der Waals surface area contributed by atoms with E-state index in [4.69, 9.17) is 5.73 Å². The van der Waals surface area contributed by atoms with Crippen molar-refractivity contribution in [2.24, 2.45) is 5.73 Å². The van der Waals surface area contributed by atoms with Crippen molar-refractivity contribution in [1.29, 1.82) is 0 Å². The van der Waals surface area contributed by atoms with E-state index in [0.717, 1.165) is 25.8 Å². The molecule has 0 bridgehead atoms. The van der Waals surface area contributed by atoms with E-state index < -0.39 is 0 Å². The van der Waals surface area contributed by atoms with Gasteiger partial charge in [0.2, 0.25) is 0 Å². The lowest BCUT2D eigenvalue weighted by Gasteiger charge is -2.22. The van der Waals surface area contributed by atoms with E-state index in [2.05, 4.69) is 86.8 Å². The van der Waals surface area contributed by atoms with Gasteiger partial charge in [0.1, 0.15) is 0 Å². The minimum absolute atomic E-state index is 0.293. The first-order chi connectivity index (χ1) is 23.6. The monoisotopic (exact) mass is 670 g/mol. The van der Waals surface area contributed by atoms with Crippen LogP contribution in [0.3, 0.4) is 0 Å². The van der Waals surface area contributed by atoms with Crippen LogP contribution in [0.25, 0.3) is 0 Å². The van der Waals surface area contributed by atoms with Crippen molar-refractivity contribution >= 4 is 0 Å². The molecule has 0 aliphatic heterocycles. The van der Waals surface area contributed by atoms with E-state index >= 15 is 0 Å². The molecule has 0 heterocycles. The summed E-state index contributed by atoms with van der Waals surface area (Å²) in [6, 6.07) is 0.941. The number of allylic oxidation sites excluding steroid dienone is 8. The number of nitrogens with one attached hydrogen (secondary N) is 1. The van der Waals surface area contributed by atoms with Crippen LogP contribution in [-0.4, -0.2) is 44.2 Å². The molecule has 48 heavy (non-hydrogen) atoms. The molecule has 1 unspecified atom stereocenters. The Morgan fingerprint density at radius 3 is 1.25 bits per heavy atom. The van der Waals surface area contributed by atoms with Crippen LogP contribution in [0, 0.1) is 0 Å². The number of nitrogens with two attached hydrogens (primary N) is 1. The summed E-state index contributed by atoms with van der Waals surface area (Å²) in [7, 11) is 4.32. The van der Waals surface area contributed by atoms with Crippen molar-refractivity contribution in [3.63, 3.8) is 0 Å². The van der Waals surface area contributed by atoms with Gasteiger partial charge in [-0.2, -0.15) is 0 Å². The average molecular weight is 670 g/mol. The van der Waals surface area contributed by atoms with Crippen molar-refractivity contribution in [1.82, 2.24) is 10.2 Å². The Bertz CT molecular complexity index is 674. The molecule has 0 amide bonds. The summed E-state index contributed by atoms with van der Waals surface area (Å²) < 4.78 is 0. The number of rotatable bonds is 38. The number of hydrogen-bond acceptors (Lipinski definition) is 3. The summed E-state index contributed by atoms with van der Waals surface area (Å²) in [6.07, 6.45) is 57.0. The quantitative estimate of drug-likeness (QED) is 0.0508. The van der Waals surface area contributed by atoms with Gasteiger partial charge in [-0.25, -0.2) is 0 Å². The van der Waals surface area contributed by atoms with Crippen LogP contribution in [0.15, 0.2) is 48.6 Å². The molecule has 0 fully saturated rings. The highest BCUT2D eigenvalue weighted by Gasteiger charge is 2.11. The topological polar surface area (TPSA) is 41.3 Å². The van der Waals surface area contributed by atoms with Gasteiger partial charge in [0, 0.05) is 18.6 Å². The molecular weight excluding hydrogens is 583 g/mol. The fourth-order valence-corrected chi connectivity index (χ4v) is 6.36. The Labute approximate surface area is 303 Å². The van der Waals surface area contributed by atoms with E-state index in [1.54, 1.807) is 0 Å². The molecule has 0 aliphatic carbocycles. The van der Waals surface area contributed by atoms with E-state index in [1.165, 1.54) is 173 Å². The van der Waals surface area contributed by atoms with Crippen molar-refractivity contribution in [3.8, 4) is 0 Å². The van der Waals surface area contributed by atoms with E-state index in [9.17, 15) is 0 Å². The lowest BCUT2D eigenvalue weighted by molar-refractivity contribution is 0.372. The Kier molecular flexibility index (Phi) is 39.3. The first kappa shape index (κ1) is 46.8. The molecule has 0 aromatic heterocycles. The molecular formula is C45H87N3. The third-order valence-electron chi connectivity index (χ3n) is 9.61. The van der Waals surface area contributed by atoms with Gasteiger partial charge < -0.3 is 16.0 Å². The number of hydrogen-bond donors (Lipinski definition) is 2. The van der Waals surface area contributed by atoms with Gasteiger partial charge in [0.15, 0.2) is 0 Å². The predicted molar refractivity (Wildman–Crippen MR) is 220 cm³/mol. The number of nitrogens with zero attached hydrogens (tertiary/aromatic N) is 1. The summed E-state index contributed by atoms with van der Waals surface area (Å²) in [6.45, 7) is 6.70. The third kappa shape index (κ3) is 39.3. The minimum Gasteiger partial charge on any atom is -0.327 e. The summed E-state index contributed by atoms with van der Waals surface area (Å²) in [5.41, 5.74) is 6.53. The van der Waals surface area contributed by atoms with Gasteiger partial charge >= 0.3 is 0 Å². The summed E-state index contributed by atoms with van der Waals surface area (Å²) in [5, 5.41) is 3.91. The second kappa shape index (κ2) is 40.3. The second-order valence-corrected chi connectivity index (χ2v) is 14.9. The van der Waals surface area contributed by atoms with Crippen LogP contribution >= 0.6 is 0 Å². The zero-order chi connectivity index (χ0) is 35.0. The van der Waals surface area contributed by atoms with Crippen LogP contribution in [-0.2, 0) is 0 Å². The molecule has 1 atom stereocenters. The lowest BCUT2D eigenvalue weighted by Crippen LogP contribution is -2.39. The first-order valence-electron chi connectivity index (χ1n) is 21.3. The zero-order valence-electron chi connectivity index (χ0n) is 33.2. The van der Waals surface area contributed by atoms with Crippen LogP contribution in [0.1, 0.15) is 200 Å². The molecule has 0 aliphatic rings. The third-order valence-corrected chi connectivity index (χ3v) is 9.61. The van der Waals surface area contributed by atoms with E-state index in [-0.39, 0.29) is 0 Å². The van der Waals surface area contributed by atoms with Crippen molar-refractivity contribution in [3.05, 3.63) is 48.6 Å². The summed E-state index contributed by atoms with van der Waals surface area (Å²) >= 11 is 0. The van der Waals surface area contributed by atoms with Crippen LogP contribution in [0.2, 0.25) is 0 Å². The minimum atomic E-state index is 0.293. The molecule has 0 spiro atoms. The number of unbranched alkanes of at least 4 members (excludes halogenated alkanes) is 19. The fourth-order valence-electron chi connectivity index (χ4n) is 6.36. The van der Waals surface area contributed by atoms with Gasteiger partial charge in [0.05, 0.1) is 0 Å². The largest absolute Gasteiger partial charge is 0.327 e. The average Bonchev–Trinajstić information content (AvgIpc) is 3.08. The van der Waals surface area contributed by atoms with Crippen molar-refractivity contribution in [2.45, 2.75) is 212 Å². The second-order valence-electron chi connectivity index (χ2n) is 14.9. The van der Waals surface area contributed by atoms with Gasteiger partial charge in [-0.05, 0) is 111 Å². The maximum absolute atomic E-state index is 6.53. The molecule has 3 nitrogen and oxygen atoms in total. The lowest BCUT2D eigenvalue weighted by atomic mass is 9.99. The van der Waals surface area contributed by atoms with E-state index in [1.807, 2.05) is 0 Å². The van der Waals surface area contributed by atoms with Crippen LogP contribution < -0.4 is 11.1 Å². The van der Waals surface area contributed by atoms with Crippen molar-refractivity contribution < 1.29 is 0 Å². The highest BCUT2D eigenvalue weighted by Crippen LogP contribution is 2.16. The van der Waals surface area contributed by atoms with Gasteiger partial charge in [0.25, 0.3) is 0 Å². The first-order valence-corrected chi connectivity index (χ1v) is 21.3. The van der Waals surface area contributed by atoms with Crippen LogP contribution in [0.4, 0.5) is 0 Å². The Balaban J connectivity index is 4.08. The maximum Gasteiger partial charge on any atom is 0.0165 e. The molecule has 0 rings (SSSR count). The summed E-state index contributed by atoms with van der Waals surface area (Å²) in [5.74, 6) is 0. The highest BCUT2D eigenvalue weighted by atomic mass is 15.0. The SMILES string of the molecule is CCCCC/C=C\C/C=C\CCCCCCCCC(CCCCCCCC/C=C\C/C=C\CCCCC)NCC(N)CCCCN(C)C. The molecule has 0 aromatic carbocycles. The molecule has 3 heteroatoms. The molecule has 0 radical (unpaired) electrons. The zero-order valence-corrected chi connectivity index (χ0v) is 33.2.